The van der Waals surface area contributed by atoms with Crippen molar-refractivity contribution >= 4 is 17.5 Å². The van der Waals surface area contributed by atoms with Crippen LogP contribution in [0.15, 0.2) is 33.0 Å². The van der Waals surface area contributed by atoms with Gasteiger partial charge in [-0.15, -0.1) is 5.10 Å². The molecule has 1 aliphatic rings. The molecule has 1 fully saturated rings. The first-order valence-corrected chi connectivity index (χ1v) is 7.03. The second kappa shape index (κ2) is 4.90. The normalized spacial score (nSPS) is 14.5. The average Bonchev–Trinajstić information content (AvgIpc) is 3.17. The lowest BCUT2D eigenvalue weighted by Crippen LogP contribution is -2.16. The van der Waals surface area contributed by atoms with Crippen LogP contribution in [0.1, 0.15) is 36.2 Å². The molecule has 0 unspecified atom stereocenters. The van der Waals surface area contributed by atoms with Crippen molar-refractivity contribution in [3.8, 4) is 0 Å². The lowest BCUT2D eigenvalue weighted by molar-refractivity contribution is 0.101. The van der Waals surface area contributed by atoms with Gasteiger partial charge in [-0.2, -0.15) is 0 Å². The fraction of sp³-hybridized carbons (Fsp3) is 0.308. The van der Waals surface area contributed by atoms with Crippen LogP contribution in [0.4, 0.5) is 4.39 Å². The lowest BCUT2D eigenvalue weighted by Gasteiger charge is -2.07. The van der Waals surface area contributed by atoms with Gasteiger partial charge in [0.15, 0.2) is 10.9 Å². The molecule has 7 heteroatoms. The number of hydrogen-bond donors (Lipinski definition) is 1. The van der Waals surface area contributed by atoms with Gasteiger partial charge in [0.25, 0.3) is 0 Å². The molecule has 0 aliphatic heterocycles. The number of aromatic amines is 1. The zero-order valence-electron chi connectivity index (χ0n) is 10.7. The number of Topliss-reactive ketones (excluding diaryl/α,β-unsaturated/α-hetero) is 1. The van der Waals surface area contributed by atoms with E-state index in [0.717, 1.165) is 12.8 Å². The number of nitrogens with zero attached hydrogens (tertiary/aromatic N) is 2. The molecule has 1 aromatic heterocycles. The third-order valence-corrected chi connectivity index (χ3v) is 4.15. The van der Waals surface area contributed by atoms with Gasteiger partial charge in [-0.1, -0.05) is 0 Å². The highest BCUT2D eigenvalue weighted by molar-refractivity contribution is 7.99. The molecule has 0 bridgehead atoms. The zero-order chi connectivity index (χ0) is 14.3. The molecule has 104 valence electrons. The summed E-state index contributed by atoms with van der Waals surface area (Å²) in [6.07, 6.45) is 1.91. The molecule has 1 aromatic carbocycles. The van der Waals surface area contributed by atoms with Crippen LogP contribution in [0.3, 0.4) is 0 Å². The number of aromatic nitrogens is 3. The Hall–Kier alpha value is -1.89. The van der Waals surface area contributed by atoms with E-state index in [1.807, 2.05) is 0 Å². The molecule has 0 spiro atoms. The summed E-state index contributed by atoms with van der Waals surface area (Å²) in [5.74, 6) is -0.677. The zero-order valence-corrected chi connectivity index (χ0v) is 11.5. The van der Waals surface area contributed by atoms with Gasteiger partial charge in [-0.25, -0.2) is 14.3 Å². The van der Waals surface area contributed by atoms with E-state index in [-0.39, 0.29) is 17.5 Å². The van der Waals surface area contributed by atoms with Crippen molar-refractivity contribution < 1.29 is 9.18 Å². The van der Waals surface area contributed by atoms with E-state index in [4.69, 9.17) is 0 Å². The Morgan fingerprint density at radius 1 is 1.50 bits per heavy atom. The Morgan fingerprint density at radius 3 is 2.90 bits per heavy atom. The van der Waals surface area contributed by atoms with Crippen molar-refractivity contribution in [1.29, 1.82) is 0 Å². The van der Waals surface area contributed by atoms with Crippen LogP contribution in [-0.2, 0) is 0 Å². The smallest absolute Gasteiger partial charge is 0.294 e. The van der Waals surface area contributed by atoms with Crippen LogP contribution in [0.5, 0.6) is 0 Å². The molecule has 2 aromatic rings. The summed E-state index contributed by atoms with van der Waals surface area (Å²) in [5, 5.41) is 6.90. The van der Waals surface area contributed by atoms with Crippen LogP contribution in [0, 0.1) is 5.82 Å². The second-order valence-electron chi connectivity index (χ2n) is 4.71. The number of carbonyl (C=O) groups excluding carboxylic acids is 1. The Labute approximate surface area is 118 Å². The molecule has 20 heavy (non-hydrogen) atoms. The third kappa shape index (κ3) is 2.40. The quantitative estimate of drug-likeness (QED) is 0.879. The summed E-state index contributed by atoms with van der Waals surface area (Å²) in [6, 6.07) is 4.22. The van der Waals surface area contributed by atoms with Crippen molar-refractivity contribution in [2.45, 2.75) is 35.9 Å². The molecule has 3 rings (SSSR count). The Morgan fingerprint density at radius 2 is 2.25 bits per heavy atom. The fourth-order valence-corrected chi connectivity index (χ4v) is 3.05. The Bertz CT molecular complexity index is 733. The first kappa shape index (κ1) is 13.1. The van der Waals surface area contributed by atoms with Crippen LogP contribution in [0.2, 0.25) is 0 Å². The monoisotopic (exact) mass is 293 g/mol. The number of carbonyl (C=O) groups is 1. The number of nitrogens with one attached hydrogen (secondary N) is 1. The van der Waals surface area contributed by atoms with Gasteiger partial charge >= 0.3 is 5.69 Å². The highest BCUT2D eigenvalue weighted by atomic mass is 32.2. The summed E-state index contributed by atoms with van der Waals surface area (Å²) < 4.78 is 14.8. The van der Waals surface area contributed by atoms with Gasteiger partial charge in [0, 0.05) is 16.5 Å². The van der Waals surface area contributed by atoms with Crippen molar-refractivity contribution in [1.82, 2.24) is 14.8 Å². The van der Waals surface area contributed by atoms with E-state index in [1.54, 1.807) is 4.57 Å². The summed E-state index contributed by atoms with van der Waals surface area (Å²) >= 11 is 1.20. The largest absolute Gasteiger partial charge is 0.344 e. The Kier molecular flexibility index (Phi) is 3.21. The number of hydrogen-bond acceptors (Lipinski definition) is 4. The molecule has 1 saturated carbocycles. The highest BCUT2D eigenvalue weighted by Crippen LogP contribution is 2.38. The first-order chi connectivity index (χ1) is 9.56. The molecule has 0 atom stereocenters. The van der Waals surface area contributed by atoms with E-state index < -0.39 is 5.82 Å². The number of halogens is 1. The van der Waals surface area contributed by atoms with Crippen molar-refractivity contribution in [2.75, 3.05) is 0 Å². The molecule has 5 nitrogen and oxygen atoms in total. The summed E-state index contributed by atoms with van der Waals surface area (Å²) in [6.45, 7) is 1.39. The maximum Gasteiger partial charge on any atom is 0.344 e. The van der Waals surface area contributed by atoms with Gasteiger partial charge in [0.1, 0.15) is 5.82 Å². The number of rotatable bonds is 4. The lowest BCUT2D eigenvalue weighted by atomic mass is 10.1. The van der Waals surface area contributed by atoms with Crippen LogP contribution in [0.25, 0.3) is 0 Å². The predicted octanol–water partition coefficient (Wildman–Crippen LogP) is 2.40. The maximum atomic E-state index is 13.2. The summed E-state index contributed by atoms with van der Waals surface area (Å²) in [5.41, 5.74) is 0.0503. The minimum absolute atomic E-state index is 0.185. The van der Waals surface area contributed by atoms with Crippen LogP contribution in [-0.4, -0.2) is 20.5 Å². The molecule has 0 saturated heterocycles. The molecule has 0 radical (unpaired) electrons. The molecular formula is C13H12FN3O2S. The van der Waals surface area contributed by atoms with Crippen molar-refractivity contribution in [2.24, 2.45) is 0 Å². The number of ketones is 1. The van der Waals surface area contributed by atoms with E-state index in [2.05, 4.69) is 10.2 Å². The van der Waals surface area contributed by atoms with Gasteiger partial charge in [0.05, 0.1) is 0 Å². The molecule has 1 N–H and O–H groups in total. The summed E-state index contributed by atoms with van der Waals surface area (Å²) in [4.78, 5) is 23.9. The molecule has 0 amide bonds. The van der Waals surface area contributed by atoms with Gasteiger partial charge in [0.2, 0.25) is 0 Å². The summed E-state index contributed by atoms with van der Waals surface area (Å²) in [7, 11) is 0. The second-order valence-corrected chi connectivity index (χ2v) is 5.72. The maximum absolute atomic E-state index is 13.2. The molecular weight excluding hydrogens is 281 g/mol. The van der Waals surface area contributed by atoms with Gasteiger partial charge in [-0.3, -0.25) is 9.36 Å². The van der Waals surface area contributed by atoms with Gasteiger partial charge in [-0.05, 0) is 49.7 Å². The highest BCUT2D eigenvalue weighted by Gasteiger charge is 2.29. The number of benzene rings is 1. The van der Waals surface area contributed by atoms with E-state index in [1.165, 1.54) is 36.9 Å². The van der Waals surface area contributed by atoms with E-state index in [0.29, 0.717) is 15.6 Å². The first-order valence-electron chi connectivity index (χ1n) is 6.21. The molecule has 1 aliphatic carbocycles. The average molecular weight is 293 g/mol. The fourth-order valence-electron chi connectivity index (χ4n) is 1.98. The van der Waals surface area contributed by atoms with Crippen LogP contribution < -0.4 is 5.69 Å². The topological polar surface area (TPSA) is 67.8 Å². The van der Waals surface area contributed by atoms with E-state index >= 15 is 0 Å². The standard InChI is InChI=1S/C13H12FN3O2S/c1-7(18)10-6-8(14)2-5-11(10)20-13-16-15-12(19)17(13)9-3-4-9/h2,5-6,9H,3-4H2,1H3,(H,15,19). The van der Waals surface area contributed by atoms with Crippen LogP contribution >= 0.6 is 11.8 Å². The van der Waals surface area contributed by atoms with Crippen molar-refractivity contribution in [3.05, 3.63) is 40.1 Å². The van der Waals surface area contributed by atoms with Crippen molar-refractivity contribution in [3.63, 3.8) is 0 Å². The SMILES string of the molecule is CC(=O)c1cc(F)ccc1Sc1n[nH]c(=O)n1C1CC1. The minimum Gasteiger partial charge on any atom is -0.294 e. The number of H-pyrrole nitrogens is 1. The Balaban J connectivity index is 1.99. The predicted molar refractivity (Wildman–Crippen MR) is 71.6 cm³/mol. The van der Waals surface area contributed by atoms with Gasteiger partial charge < -0.3 is 0 Å². The molecule has 1 heterocycles. The third-order valence-electron chi connectivity index (χ3n) is 3.11. The van der Waals surface area contributed by atoms with E-state index in [9.17, 15) is 14.0 Å². The minimum atomic E-state index is -0.457.